The number of nitrogens with two attached hydrogens (primary N) is 2. The Balaban J connectivity index is 1.67. The van der Waals surface area contributed by atoms with E-state index in [1.165, 1.54) is 0 Å². The predicted octanol–water partition coefficient (Wildman–Crippen LogP) is 0.363. The number of nitrogen functional groups attached to an aromatic ring is 2. The molecule has 3 rings (SSSR count). The molecule has 0 aliphatic rings. The SMILES string of the molecule is CN(Cc1cnc2nc(N)nc(N)c2n1)c1ccc(C(=O)N[C@@H](CCC(=O)O)S(=O)O)cc1. The fourth-order valence-corrected chi connectivity index (χ4v) is 3.50. The lowest BCUT2D eigenvalue weighted by atomic mass is 10.1. The van der Waals surface area contributed by atoms with Gasteiger partial charge in [0.2, 0.25) is 5.95 Å². The van der Waals surface area contributed by atoms with Gasteiger partial charge in [0, 0.05) is 24.7 Å². The van der Waals surface area contributed by atoms with Crippen molar-refractivity contribution >= 4 is 51.6 Å². The molecule has 7 N–H and O–H groups in total. The van der Waals surface area contributed by atoms with Crippen LogP contribution >= 0.6 is 0 Å². The molecule has 2 aromatic heterocycles. The first-order chi connectivity index (χ1) is 15.6. The van der Waals surface area contributed by atoms with E-state index in [0.717, 1.165) is 5.69 Å². The van der Waals surface area contributed by atoms with Crippen molar-refractivity contribution in [2.45, 2.75) is 24.8 Å². The number of carbonyl (C=O) groups is 2. The highest BCUT2D eigenvalue weighted by atomic mass is 32.2. The van der Waals surface area contributed by atoms with Crippen LogP contribution in [0.15, 0.2) is 30.5 Å². The van der Waals surface area contributed by atoms with Crippen molar-refractivity contribution in [3.63, 3.8) is 0 Å². The zero-order valence-corrected chi connectivity index (χ0v) is 18.3. The lowest BCUT2D eigenvalue weighted by Crippen LogP contribution is -2.38. The van der Waals surface area contributed by atoms with Gasteiger partial charge in [-0.3, -0.25) is 9.59 Å². The van der Waals surface area contributed by atoms with Gasteiger partial charge in [-0.2, -0.15) is 9.97 Å². The van der Waals surface area contributed by atoms with Crippen LogP contribution in [0.25, 0.3) is 11.2 Å². The third kappa shape index (κ3) is 6.08. The maximum absolute atomic E-state index is 12.4. The minimum absolute atomic E-state index is 0.0155. The van der Waals surface area contributed by atoms with Crippen molar-refractivity contribution in [3.05, 3.63) is 41.7 Å². The van der Waals surface area contributed by atoms with Gasteiger partial charge in [-0.25, -0.2) is 14.2 Å². The smallest absolute Gasteiger partial charge is 0.303 e. The van der Waals surface area contributed by atoms with Gasteiger partial charge in [-0.05, 0) is 30.7 Å². The second-order valence-corrected chi connectivity index (χ2v) is 8.20. The highest BCUT2D eigenvalue weighted by Gasteiger charge is 2.20. The fraction of sp³-hybridized carbons (Fsp3) is 0.263. The molecule has 0 spiro atoms. The van der Waals surface area contributed by atoms with Crippen molar-refractivity contribution in [3.8, 4) is 0 Å². The second kappa shape index (κ2) is 10.1. The van der Waals surface area contributed by atoms with Crippen LogP contribution in [0.4, 0.5) is 17.5 Å². The van der Waals surface area contributed by atoms with Gasteiger partial charge in [0.1, 0.15) is 5.37 Å². The number of nitrogens with one attached hydrogen (secondary N) is 1. The maximum Gasteiger partial charge on any atom is 0.303 e. The molecule has 0 fully saturated rings. The summed E-state index contributed by atoms with van der Waals surface area (Å²) in [6, 6.07) is 6.50. The molecule has 1 unspecified atom stereocenters. The van der Waals surface area contributed by atoms with Gasteiger partial charge in [-0.15, -0.1) is 0 Å². The Morgan fingerprint density at radius 2 is 1.88 bits per heavy atom. The highest BCUT2D eigenvalue weighted by molar-refractivity contribution is 7.79. The second-order valence-electron chi connectivity index (χ2n) is 7.07. The zero-order chi connectivity index (χ0) is 24.1. The van der Waals surface area contributed by atoms with Crippen LogP contribution in [0.2, 0.25) is 0 Å². The number of benzene rings is 1. The summed E-state index contributed by atoms with van der Waals surface area (Å²) in [7, 11) is 1.82. The molecule has 0 saturated carbocycles. The molecule has 3 aromatic rings. The molecule has 14 heteroatoms. The molecule has 13 nitrogen and oxygen atoms in total. The van der Waals surface area contributed by atoms with Crippen LogP contribution in [0.3, 0.4) is 0 Å². The summed E-state index contributed by atoms with van der Waals surface area (Å²) in [5.74, 6) is -1.56. The zero-order valence-electron chi connectivity index (χ0n) is 17.5. The minimum atomic E-state index is -2.40. The molecule has 0 aliphatic carbocycles. The lowest BCUT2D eigenvalue weighted by Gasteiger charge is -2.19. The van der Waals surface area contributed by atoms with Crippen LogP contribution in [-0.2, 0) is 22.4 Å². The summed E-state index contributed by atoms with van der Waals surface area (Å²) in [5.41, 5.74) is 13.7. The Bertz CT molecular complexity index is 1210. The predicted molar refractivity (Wildman–Crippen MR) is 121 cm³/mol. The average Bonchev–Trinajstić information content (AvgIpc) is 2.76. The van der Waals surface area contributed by atoms with E-state index in [9.17, 15) is 18.4 Å². The fourth-order valence-electron chi connectivity index (χ4n) is 2.97. The molecule has 33 heavy (non-hydrogen) atoms. The molecular weight excluding hydrogens is 452 g/mol. The number of rotatable bonds is 9. The maximum atomic E-state index is 12.4. The summed E-state index contributed by atoms with van der Waals surface area (Å²) in [6.07, 6.45) is 1.04. The van der Waals surface area contributed by atoms with Crippen molar-refractivity contribution in [1.29, 1.82) is 0 Å². The van der Waals surface area contributed by atoms with E-state index in [2.05, 4.69) is 25.3 Å². The van der Waals surface area contributed by atoms with Gasteiger partial charge in [-0.1, -0.05) is 0 Å². The van der Waals surface area contributed by atoms with Gasteiger partial charge in [0.05, 0.1) is 18.4 Å². The summed E-state index contributed by atoms with van der Waals surface area (Å²) < 4.78 is 20.7. The summed E-state index contributed by atoms with van der Waals surface area (Å²) >= 11 is -2.40. The molecule has 2 atom stereocenters. The molecule has 2 heterocycles. The molecule has 0 bridgehead atoms. The number of fused-ring (bicyclic) bond motifs is 1. The van der Waals surface area contributed by atoms with E-state index in [1.807, 2.05) is 11.9 Å². The Kier molecular flexibility index (Phi) is 7.30. The van der Waals surface area contributed by atoms with Gasteiger partial charge in [0.15, 0.2) is 28.1 Å². The first-order valence-electron chi connectivity index (χ1n) is 9.62. The third-order valence-corrected chi connectivity index (χ3v) is 5.47. The summed E-state index contributed by atoms with van der Waals surface area (Å²) in [6.45, 7) is 0.374. The molecule has 1 amide bonds. The van der Waals surface area contributed by atoms with E-state index < -0.39 is 28.3 Å². The Morgan fingerprint density at radius 1 is 1.18 bits per heavy atom. The number of carboxylic acids is 1. The van der Waals surface area contributed by atoms with Gasteiger partial charge in [0.25, 0.3) is 5.91 Å². The Hall–Kier alpha value is -3.91. The number of amides is 1. The number of anilines is 3. The quantitative estimate of drug-likeness (QED) is 0.266. The third-order valence-electron chi connectivity index (χ3n) is 4.63. The first kappa shape index (κ1) is 23.7. The van der Waals surface area contributed by atoms with Crippen LogP contribution in [-0.4, -0.2) is 58.1 Å². The molecule has 1 aromatic carbocycles. The average molecular weight is 475 g/mol. The highest BCUT2D eigenvalue weighted by Crippen LogP contribution is 2.19. The normalized spacial score (nSPS) is 12.8. The van der Waals surface area contributed by atoms with Crippen LogP contribution in [0.5, 0.6) is 0 Å². The number of aromatic nitrogens is 4. The van der Waals surface area contributed by atoms with E-state index >= 15 is 0 Å². The van der Waals surface area contributed by atoms with Crippen molar-refractivity contribution < 1.29 is 23.5 Å². The number of hydrogen-bond acceptors (Lipinski definition) is 10. The van der Waals surface area contributed by atoms with Crippen molar-refractivity contribution in [2.75, 3.05) is 23.4 Å². The number of carbonyl (C=O) groups excluding carboxylic acids is 1. The van der Waals surface area contributed by atoms with E-state index in [1.54, 1.807) is 30.5 Å². The summed E-state index contributed by atoms with van der Waals surface area (Å²) in [4.78, 5) is 41.5. The van der Waals surface area contributed by atoms with Crippen LogP contribution in [0.1, 0.15) is 28.9 Å². The minimum Gasteiger partial charge on any atom is -0.481 e. The van der Waals surface area contributed by atoms with Gasteiger partial charge < -0.3 is 31.3 Å². The Labute approximate surface area is 190 Å². The number of aliphatic carboxylic acids is 1. The first-order valence-corrected chi connectivity index (χ1v) is 10.8. The monoisotopic (exact) mass is 474 g/mol. The molecular formula is C19H22N8O5S. The molecule has 0 saturated heterocycles. The van der Waals surface area contributed by atoms with E-state index in [0.29, 0.717) is 23.4 Å². The molecule has 0 radical (unpaired) electrons. The van der Waals surface area contributed by atoms with Crippen LogP contribution in [0, 0.1) is 0 Å². The Morgan fingerprint density at radius 3 is 2.52 bits per heavy atom. The molecule has 0 aliphatic heterocycles. The van der Waals surface area contributed by atoms with E-state index in [-0.39, 0.29) is 30.2 Å². The van der Waals surface area contributed by atoms with Gasteiger partial charge >= 0.3 is 5.97 Å². The number of hydrogen-bond donors (Lipinski definition) is 5. The molecule has 174 valence electrons. The lowest BCUT2D eigenvalue weighted by molar-refractivity contribution is -0.137. The topological polar surface area (TPSA) is 211 Å². The van der Waals surface area contributed by atoms with E-state index in [4.69, 9.17) is 16.6 Å². The number of carboxylic acid groups (broad SMARTS) is 1. The van der Waals surface area contributed by atoms with Crippen molar-refractivity contribution in [1.82, 2.24) is 25.3 Å². The standard InChI is InChI=1S/C19H22N8O5S/c1-27(9-11-8-22-17-15(23-11)16(20)25-19(21)26-17)12-4-2-10(3-5-12)18(30)24-13(33(31)32)6-7-14(28)29/h2-5,8,13H,6-7,9H2,1H3,(H,24,30)(H,28,29)(H,31,32)(H4,20,21,22,25,26)/t13-/m1/s1. The van der Waals surface area contributed by atoms with Crippen molar-refractivity contribution in [2.24, 2.45) is 0 Å². The number of nitrogens with zero attached hydrogens (tertiary/aromatic N) is 5. The largest absolute Gasteiger partial charge is 0.481 e. The summed E-state index contributed by atoms with van der Waals surface area (Å²) in [5, 5.41) is 9.94. The van der Waals surface area contributed by atoms with Crippen LogP contribution < -0.4 is 21.7 Å².